The molecule has 1 aromatic carbocycles. The highest BCUT2D eigenvalue weighted by atomic mass is 16.3. The first kappa shape index (κ1) is 12.2. The van der Waals surface area contributed by atoms with Crippen molar-refractivity contribution in [2.45, 2.75) is 25.1 Å². The van der Waals surface area contributed by atoms with Crippen LogP contribution in [0.4, 0.5) is 0 Å². The highest BCUT2D eigenvalue weighted by molar-refractivity contribution is 5.69. The van der Waals surface area contributed by atoms with Crippen LogP contribution in [0.5, 0.6) is 0 Å². The minimum Gasteiger partial charge on any atom is -0.385 e. The van der Waals surface area contributed by atoms with E-state index in [1.165, 1.54) is 11.1 Å². The molecule has 3 atom stereocenters. The van der Waals surface area contributed by atoms with Crippen LogP contribution in [0.15, 0.2) is 49.2 Å². The van der Waals surface area contributed by atoms with Crippen molar-refractivity contribution in [1.82, 2.24) is 19.1 Å². The molecule has 2 aliphatic rings. The molecule has 0 saturated heterocycles. The molecule has 0 saturated carbocycles. The molecule has 0 amide bonds. The first-order chi connectivity index (χ1) is 10.8. The zero-order valence-electron chi connectivity index (χ0n) is 12.0. The average molecular weight is 292 g/mol. The monoisotopic (exact) mass is 292 g/mol. The van der Waals surface area contributed by atoms with Crippen LogP contribution < -0.4 is 0 Å². The summed E-state index contributed by atoms with van der Waals surface area (Å²) in [6, 6.07) is 8.57. The number of benzene rings is 1. The van der Waals surface area contributed by atoms with Crippen LogP contribution in [0.2, 0.25) is 0 Å². The van der Waals surface area contributed by atoms with Crippen LogP contribution >= 0.6 is 0 Å². The Morgan fingerprint density at radius 1 is 1.23 bits per heavy atom. The minimum atomic E-state index is -0.546. The molecule has 1 N–H and O–H groups in total. The summed E-state index contributed by atoms with van der Waals surface area (Å²) in [5, 5.41) is 10.8. The maximum atomic E-state index is 10.8. The third kappa shape index (κ3) is 1.46. The third-order valence-corrected chi connectivity index (χ3v) is 5.05. The smallest absolute Gasteiger partial charge is 0.138 e. The summed E-state index contributed by atoms with van der Waals surface area (Å²) in [4.78, 5) is 8.65. The highest BCUT2D eigenvalue weighted by Gasteiger charge is 2.41. The van der Waals surface area contributed by atoms with Gasteiger partial charge in [-0.25, -0.2) is 9.97 Å². The summed E-state index contributed by atoms with van der Waals surface area (Å²) < 4.78 is 4.26. The van der Waals surface area contributed by atoms with Gasteiger partial charge in [-0.1, -0.05) is 24.3 Å². The molecule has 0 spiro atoms. The van der Waals surface area contributed by atoms with Gasteiger partial charge in [0, 0.05) is 30.4 Å². The Labute approximate surface area is 127 Å². The number of nitrogens with zero attached hydrogens (tertiary/aromatic N) is 4. The van der Waals surface area contributed by atoms with E-state index in [1.807, 2.05) is 18.7 Å². The largest absolute Gasteiger partial charge is 0.385 e. The van der Waals surface area contributed by atoms with Gasteiger partial charge in [-0.05, 0) is 12.0 Å². The number of hydrogen-bond donors (Lipinski definition) is 1. The minimum absolute atomic E-state index is 0.117. The van der Waals surface area contributed by atoms with E-state index >= 15 is 0 Å². The molecule has 5 heteroatoms. The zero-order valence-corrected chi connectivity index (χ0v) is 12.0. The van der Waals surface area contributed by atoms with Gasteiger partial charge in [0.15, 0.2) is 0 Å². The fraction of sp³-hybridized carbons (Fsp3) is 0.294. The van der Waals surface area contributed by atoms with Crippen molar-refractivity contribution in [3.8, 4) is 11.3 Å². The maximum absolute atomic E-state index is 10.8. The van der Waals surface area contributed by atoms with Gasteiger partial charge in [-0.3, -0.25) is 0 Å². The first-order valence-electron chi connectivity index (χ1n) is 7.65. The summed E-state index contributed by atoms with van der Waals surface area (Å²) in [5.41, 5.74) is 3.65. The van der Waals surface area contributed by atoms with Gasteiger partial charge in [0.05, 0.1) is 24.3 Å². The maximum Gasteiger partial charge on any atom is 0.138 e. The Kier molecular flexibility index (Phi) is 2.38. The lowest BCUT2D eigenvalue weighted by Crippen LogP contribution is -2.31. The lowest BCUT2D eigenvalue weighted by Gasteiger charge is -2.34. The van der Waals surface area contributed by atoms with Crippen molar-refractivity contribution in [1.29, 1.82) is 0 Å². The average Bonchev–Trinajstić information content (AvgIpc) is 3.23. The predicted molar refractivity (Wildman–Crippen MR) is 81.1 cm³/mol. The lowest BCUT2D eigenvalue weighted by atomic mass is 9.84. The molecule has 5 nitrogen and oxygen atoms in total. The number of fused-ring (bicyclic) bond motifs is 4. The number of imidazole rings is 2. The van der Waals surface area contributed by atoms with Crippen molar-refractivity contribution in [2.75, 3.05) is 0 Å². The summed E-state index contributed by atoms with van der Waals surface area (Å²) in [7, 11) is 0. The van der Waals surface area contributed by atoms with Crippen molar-refractivity contribution < 1.29 is 5.11 Å². The number of aryl methyl sites for hydroxylation is 1. The molecule has 22 heavy (non-hydrogen) atoms. The summed E-state index contributed by atoms with van der Waals surface area (Å²) in [6.45, 7) is 0.903. The van der Waals surface area contributed by atoms with Crippen LogP contribution in [-0.2, 0) is 6.54 Å². The van der Waals surface area contributed by atoms with Crippen LogP contribution in [-0.4, -0.2) is 24.2 Å². The van der Waals surface area contributed by atoms with Gasteiger partial charge in [-0.15, -0.1) is 0 Å². The molecule has 0 aliphatic carbocycles. The second-order valence-corrected chi connectivity index (χ2v) is 6.09. The molecule has 3 aromatic rings. The molecule has 0 unspecified atom stereocenters. The number of hydrogen-bond acceptors (Lipinski definition) is 3. The second kappa shape index (κ2) is 4.30. The van der Waals surface area contributed by atoms with Crippen molar-refractivity contribution >= 4 is 0 Å². The van der Waals surface area contributed by atoms with Gasteiger partial charge in [-0.2, -0.15) is 0 Å². The number of aliphatic hydroxyl groups excluding tert-OH is 1. The van der Waals surface area contributed by atoms with E-state index in [0.717, 1.165) is 24.5 Å². The molecular formula is C17H16N4O. The van der Waals surface area contributed by atoms with Crippen molar-refractivity contribution in [3.63, 3.8) is 0 Å². The quantitative estimate of drug-likeness (QED) is 0.749. The molecule has 5 rings (SSSR count). The summed E-state index contributed by atoms with van der Waals surface area (Å²) >= 11 is 0. The fourth-order valence-corrected chi connectivity index (χ4v) is 4.05. The topological polar surface area (TPSA) is 55.9 Å². The Morgan fingerprint density at radius 3 is 3.09 bits per heavy atom. The van der Waals surface area contributed by atoms with Crippen LogP contribution in [0.1, 0.15) is 30.0 Å². The number of aliphatic hydroxyl groups is 1. The van der Waals surface area contributed by atoms with Crippen LogP contribution in [0.3, 0.4) is 0 Å². The van der Waals surface area contributed by atoms with E-state index < -0.39 is 6.10 Å². The van der Waals surface area contributed by atoms with E-state index in [2.05, 4.69) is 43.4 Å². The molecule has 110 valence electrons. The molecule has 0 bridgehead atoms. The first-order valence-corrected chi connectivity index (χ1v) is 7.65. The van der Waals surface area contributed by atoms with Gasteiger partial charge in [0.2, 0.25) is 0 Å². The molecule has 0 radical (unpaired) electrons. The highest BCUT2D eigenvalue weighted by Crippen LogP contribution is 2.48. The normalized spacial score (nSPS) is 25.6. The molecule has 2 aliphatic heterocycles. The number of aromatic nitrogens is 4. The summed E-state index contributed by atoms with van der Waals surface area (Å²) in [6.07, 6.45) is 7.89. The van der Waals surface area contributed by atoms with Crippen molar-refractivity contribution in [3.05, 3.63) is 60.6 Å². The van der Waals surface area contributed by atoms with Crippen LogP contribution in [0.25, 0.3) is 11.3 Å². The van der Waals surface area contributed by atoms with Crippen molar-refractivity contribution in [2.24, 2.45) is 5.92 Å². The van der Waals surface area contributed by atoms with E-state index in [4.69, 9.17) is 0 Å². The zero-order chi connectivity index (χ0) is 14.7. The Balaban J connectivity index is 1.65. The molecule has 2 aromatic heterocycles. The van der Waals surface area contributed by atoms with Gasteiger partial charge in [0.1, 0.15) is 11.9 Å². The predicted octanol–water partition coefficient (Wildman–Crippen LogP) is 2.40. The van der Waals surface area contributed by atoms with Gasteiger partial charge < -0.3 is 14.2 Å². The SMILES string of the molecule is O[C@@H]1c2nccn2CC[C@H]1[C@H]1c2ccccc2-c2cncn21. The van der Waals surface area contributed by atoms with E-state index in [0.29, 0.717) is 0 Å². The van der Waals surface area contributed by atoms with Gasteiger partial charge in [0.25, 0.3) is 0 Å². The van der Waals surface area contributed by atoms with E-state index in [-0.39, 0.29) is 12.0 Å². The molecule has 0 fully saturated rings. The standard InChI is InChI=1S/C17H16N4O/c22-16-13(5-7-20-8-6-19-17(16)20)15-12-4-2-1-3-11(12)14-9-18-10-21(14)15/h1-4,6,8-10,13,15-16,22H,5,7H2/t13-,15+,16-/m0/s1. The Hall–Kier alpha value is -2.40. The summed E-state index contributed by atoms with van der Waals surface area (Å²) in [5.74, 6) is 0.897. The molecular weight excluding hydrogens is 276 g/mol. The van der Waals surface area contributed by atoms with Crippen LogP contribution in [0, 0.1) is 5.92 Å². The van der Waals surface area contributed by atoms with Gasteiger partial charge >= 0.3 is 0 Å². The lowest BCUT2D eigenvalue weighted by molar-refractivity contribution is 0.0514. The molecule has 4 heterocycles. The second-order valence-electron chi connectivity index (χ2n) is 6.09. The fourth-order valence-electron chi connectivity index (χ4n) is 4.05. The third-order valence-electron chi connectivity index (χ3n) is 5.05. The van der Waals surface area contributed by atoms with E-state index in [1.54, 1.807) is 6.20 Å². The van der Waals surface area contributed by atoms with E-state index in [9.17, 15) is 5.11 Å². The Bertz CT molecular complexity index is 850. The number of rotatable bonds is 1. The Morgan fingerprint density at radius 2 is 2.14 bits per heavy atom.